The predicted molar refractivity (Wildman–Crippen MR) is 83.3 cm³/mol. The third-order valence-corrected chi connectivity index (χ3v) is 5.35. The molecule has 2 aromatic rings. The number of nitrogens with zero attached hydrogens (tertiary/aromatic N) is 1. The van der Waals surface area contributed by atoms with E-state index in [2.05, 4.69) is 22.4 Å². The van der Waals surface area contributed by atoms with Crippen LogP contribution in [0, 0.1) is 0 Å². The molecular formula is C15H15Cl2NS. The van der Waals surface area contributed by atoms with Crippen molar-refractivity contribution >= 4 is 34.5 Å². The molecule has 1 aromatic carbocycles. The van der Waals surface area contributed by atoms with Gasteiger partial charge in [-0.05, 0) is 35.1 Å². The average Bonchev–Trinajstić information content (AvgIpc) is 2.89. The second kappa shape index (κ2) is 5.84. The van der Waals surface area contributed by atoms with Crippen LogP contribution in [0.2, 0.25) is 5.02 Å². The lowest BCUT2D eigenvalue weighted by Crippen LogP contribution is -2.34. The van der Waals surface area contributed by atoms with E-state index < -0.39 is 0 Å². The van der Waals surface area contributed by atoms with Crippen molar-refractivity contribution in [2.45, 2.75) is 19.0 Å². The molecule has 3 rings (SSSR count). The van der Waals surface area contributed by atoms with Crippen LogP contribution in [0.15, 0.2) is 35.7 Å². The number of hydrogen-bond acceptors (Lipinski definition) is 2. The molecule has 0 aliphatic carbocycles. The Hall–Kier alpha value is -0.540. The van der Waals surface area contributed by atoms with E-state index in [1.54, 1.807) is 0 Å². The van der Waals surface area contributed by atoms with Crippen LogP contribution in [0.3, 0.4) is 0 Å². The molecule has 0 amide bonds. The van der Waals surface area contributed by atoms with Crippen LogP contribution < -0.4 is 0 Å². The van der Waals surface area contributed by atoms with Gasteiger partial charge in [0, 0.05) is 28.9 Å². The van der Waals surface area contributed by atoms with Crippen LogP contribution in [0.1, 0.15) is 22.0 Å². The topological polar surface area (TPSA) is 3.24 Å². The number of fused-ring (bicyclic) bond motifs is 1. The summed E-state index contributed by atoms with van der Waals surface area (Å²) in [5.41, 5.74) is 2.58. The van der Waals surface area contributed by atoms with Gasteiger partial charge in [0.05, 0.1) is 6.04 Å². The van der Waals surface area contributed by atoms with E-state index in [1.807, 2.05) is 29.5 Å². The lowest BCUT2D eigenvalue weighted by Gasteiger charge is -2.34. The van der Waals surface area contributed by atoms with Gasteiger partial charge in [0.2, 0.25) is 0 Å². The Bertz CT molecular complexity index is 567. The largest absolute Gasteiger partial charge is 0.290 e. The summed E-state index contributed by atoms with van der Waals surface area (Å²) in [6.45, 7) is 2.03. The second-order valence-corrected chi connectivity index (χ2v) is 6.50. The van der Waals surface area contributed by atoms with Gasteiger partial charge in [-0.15, -0.1) is 22.9 Å². The third kappa shape index (κ3) is 2.68. The van der Waals surface area contributed by atoms with E-state index in [1.165, 1.54) is 10.4 Å². The molecule has 19 heavy (non-hydrogen) atoms. The molecule has 0 saturated carbocycles. The summed E-state index contributed by atoms with van der Waals surface area (Å²) in [5.74, 6) is 0.573. The molecule has 0 unspecified atom stereocenters. The van der Waals surface area contributed by atoms with Crippen LogP contribution in [0.25, 0.3) is 0 Å². The minimum atomic E-state index is 0.198. The molecular weight excluding hydrogens is 297 g/mol. The van der Waals surface area contributed by atoms with E-state index in [-0.39, 0.29) is 6.04 Å². The van der Waals surface area contributed by atoms with Gasteiger partial charge in [-0.1, -0.05) is 29.8 Å². The standard InChI is InChI=1S/C15H15Cl2NS/c16-9-14(12-3-1-2-4-13(12)17)18-7-5-15-11(10-18)6-8-19-15/h1-4,6,8,14H,5,7,9-10H2/t14-/m1/s1. The quantitative estimate of drug-likeness (QED) is 0.740. The normalized spacial score (nSPS) is 17.2. The Morgan fingerprint density at radius 3 is 2.89 bits per heavy atom. The van der Waals surface area contributed by atoms with Crippen molar-refractivity contribution in [3.63, 3.8) is 0 Å². The highest BCUT2D eigenvalue weighted by Crippen LogP contribution is 2.33. The zero-order chi connectivity index (χ0) is 13.2. The van der Waals surface area contributed by atoms with Crippen molar-refractivity contribution in [3.05, 3.63) is 56.7 Å². The molecule has 4 heteroatoms. The zero-order valence-electron chi connectivity index (χ0n) is 10.5. The van der Waals surface area contributed by atoms with Crippen molar-refractivity contribution < 1.29 is 0 Å². The van der Waals surface area contributed by atoms with Crippen molar-refractivity contribution in [1.82, 2.24) is 4.90 Å². The Kier molecular flexibility index (Phi) is 4.13. The smallest absolute Gasteiger partial charge is 0.0501 e. The molecule has 1 nitrogen and oxygen atoms in total. The van der Waals surface area contributed by atoms with Crippen molar-refractivity contribution in [1.29, 1.82) is 0 Å². The summed E-state index contributed by atoms with van der Waals surface area (Å²) in [6.07, 6.45) is 1.12. The maximum Gasteiger partial charge on any atom is 0.0501 e. The first-order valence-electron chi connectivity index (χ1n) is 6.39. The number of halogens is 2. The van der Waals surface area contributed by atoms with Crippen LogP contribution in [0.4, 0.5) is 0 Å². The van der Waals surface area contributed by atoms with Gasteiger partial charge in [-0.2, -0.15) is 0 Å². The minimum absolute atomic E-state index is 0.198. The van der Waals surface area contributed by atoms with Gasteiger partial charge < -0.3 is 0 Å². The Morgan fingerprint density at radius 1 is 1.26 bits per heavy atom. The highest BCUT2D eigenvalue weighted by molar-refractivity contribution is 7.10. The highest BCUT2D eigenvalue weighted by atomic mass is 35.5. The monoisotopic (exact) mass is 311 g/mol. The minimum Gasteiger partial charge on any atom is -0.290 e. The van der Waals surface area contributed by atoms with E-state index in [4.69, 9.17) is 23.2 Å². The molecule has 1 atom stereocenters. The summed E-state index contributed by atoms with van der Waals surface area (Å²) >= 11 is 14.4. The SMILES string of the molecule is ClC[C@H](c1ccccc1Cl)N1CCc2sccc2C1. The number of benzene rings is 1. The molecule has 0 spiro atoms. The maximum absolute atomic E-state index is 6.31. The Balaban J connectivity index is 1.86. The molecule has 100 valence electrons. The van der Waals surface area contributed by atoms with E-state index >= 15 is 0 Å². The van der Waals surface area contributed by atoms with E-state index in [0.717, 1.165) is 30.1 Å². The molecule has 0 fully saturated rings. The first-order valence-corrected chi connectivity index (χ1v) is 8.18. The highest BCUT2D eigenvalue weighted by Gasteiger charge is 2.25. The first-order chi connectivity index (χ1) is 9.29. The van der Waals surface area contributed by atoms with Gasteiger partial charge in [-0.25, -0.2) is 0 Å². The maximum atomic E-state index is 6.31. The number of hydrogen-bond donors (Lipinski definition) is 0. The van der Waals surface area contributed by atoms with Crippen LogP contribution in [0.5, 0.6) is 0 Å². The third-order valence-electron chi connectivity index (χ3n) is 3.69. The Morgan fingerprint density at radius 2 is 2.11 bits per heavy atom. The number of alkyl halides is 1. The Labute approximate surface area is 127 Å². The lowest BCUT2D eigenvalue weighted by atomic mass is 10.0. The molecule has 1 aliphatic heterocycles. The first kappa shape index (κ1) is 13.4. The van der Waals surface area contributed by atoms with Gasteiger partial charge >= 0.3 is 0 Å². The van der Waals surface area contributed by atoms with Crippen LogP contribution >= 0.6 is 34.5 Å². The molecule has 0 saturated heterocycles. The fourth-order valence-corrected chi connectivity index (χ4v) is 4.17. The zero-order valence-corrected chi connectivity index (χ0v) is 12.8. The molecule has 0 bridgehead atoms. The van der Waals surface area contributed by atoms with Crippen LogP contribution in [-0.2, 0) is 13.0 Å². The fraction of sp³-hybridized carbons (Fsp3) is 0.333. The van der Waals surface area contributed by atoms with Crippen molar-refractivity contribution in [3.8, 4) is 0 Å². The fourth-order valence-electron chi connectivity index (χ4n) is 2.66. The summed E-state index contributed by atoms with van der Waals surface area (Å²) in [7, 11) is 0. The van der Waals surface area contributed by atoms with Gasteiger partial charge in [-0.3, -0.25) is 4.90 Å². The molecule has 0 N–H and O–H groups in total. The lowest BCUT2D eigenvalue weighted by molar-refractivity contribution is 0.196. The van der Waals surface area contributed by atoms with Gasteiger partial charge in [0.1, 0.15) is 0 Å². The average molecular weight is 312 g/mol. The summed E-state index contributed by atoms with van der Waals surface area (Å²) < 4.78 is 0. The predicted octanol–water partition coefficient (Wildman–Crippen LogP) is 4.74. The van der Waals surface area contributed by atoms with Crippen LogP contribution in [-0.4, -0.2) is 17.3 Å². The van der Waals surface area contributed by atoms with E-state index in [9.17, 15) is 0 Å². The summed E-state index contributed by atoms with van der Waals surface area (Å²) in [6, 6.07) is 10.4. The molecule has 1 aliphatic rings. The molecule has 1 aromatic heterocycles. The van der Waals surface area contributed by atoms with E-state index in [0.29, 0.717) is 5.88 Å². The number of thiophene rings is 1. The van der Waals surface area contributed by atoms with Crippen molar-refractivity contribution in [2.75, 3.05) is 12.4 Å². The summed E-state index contributed by atoms with van der Waals surface area (Å²) in [5, 5.41) is 2.99. The van der Waals surface area contributed by atoms with Crippen molar-refractivity contribution in [2.24, 2.45) is 0 Å². The van der Waals surface area contributed by atoms with Gasteiger partial charge in [0.15, 0.2) is 0 Å². The number of rotatable bonds is 3. The molecule has 0 radical (unpaired) electrons. The van der Waals surface area contributed by atoms with Gasteiger partial charge in [0.25, 0.3) is 0 Å². The molecule has 2 heterocycles. The second-order valence-electron chi connectivity index (χ2n) is 4.78. The summed E-state index contributed by atoms with van der Waals surface area (Å²) in [4.78, 5) is 3.95.